The van der Waals surface area contributed by atoms with Crippen molar-refractivity contribution < 1.29 is 27.3 Å². The van der Waals surface area contributed by atoms with Crippen molar-refractivity contribution in [3.8, 4) is 0 Å². The molecule has 162 valence electrons. The van der Waals surface area contributed by atoms with Gasteiger partial charge in [-0.25, -0.2) is 13.2 Å². The van der Waals surface area contributed by atoms with Crippen LogP contribution in [0.25, 0.3) is 0 Å². The molecule has 0 radical (unpaired) electrons. The van der Waals surface area contributed by atoms with Crippen LogP contribution in [0.15, 0.2) is 39.8 Å². The van der Waals surface area contributed by atoms with Gasteiger partial charge in [0.25, 0.3) is 15.9 Å². The number of aryl methyl sites for hydroxylation is 1. The number of benzene rings is 1. The maximum atomic E-state index is 12.5. The molecule has 30 heavy (non-hydrogen) atoms. The summed E-state index contributed by atoms with van der Waals surface area (Å²) in [7, 11) is -3.98. The van der Waals surface area contributed by atoms with E-state index in [1.54, 1.807) is 11.8 Å². The Morgan fingerprint density at radius 3 is 2.60 bits per heavy atom. The summed E-state index contributed by atoms with van der Waals surface area (Å²) in [5.74, 6) is 0.0476. The maximum absolute atomic E-state index is 12.5. The number of rotatable bonds is 6. The highest BCUT2D eigenvalue weighted by atomic mass is 32.2. The van der Waals surface area contributed by atoms with Gasteiger partial charge in [-0.1, -0.05) is 18.1 Å². The zero-order valence-corrected chi connectivity index (χ0v) is 17.9. The van der Waals surface area contributed by atoms with Gasteiger partial charge in [0.1, 0.15) is 5.76 Å². The standard InChI is InChI=1S/C20H25N3O6S/c1-13-7-9-23(10-8-13)19(24)15(3)28-20(25)16-5-4-6-17(12-16)30(26,27)22-18-11-14(2)29-21-18/h4-6,11-13,15H,7-10H2,1-3H3,(H,21,22)/t15-/m1/s1. The Hall–Kier alpha value is -2.88. The summed E-state index contributed by atoms with van der Waals surface area (Å²) in [5.41, 5.74) is 0.0288. The smallest absolute Gasteiger partial charge is 0.338 e. The lowest BCUT2D eigenvalue weighted by atomic mass is 9.99. The van der Waals surface area contributed by atoms with E-state index >= 15 is 0 Å². The molecular formula is C20H25N3O6S. The third-order valence-electron chi connectivity index (χ3n) is 4.97. The van der Waals surface area contributed by atoms with Gasteiger partial charge in [0.15, 0.2) is 11.9 Å². The van der Waals surface area contributed by atoms with Gasteiger partial charge >= 0.3 is 5.97 Å². The van der Waals surface area contributed by atoms with Crippen LogP contribution in [0, 0.1) is 12.8 Å². The summed E-state index contributed by atoms with van der Waals surface area (Å²) < 4.78 is 37.5. The van der Waals surface area contributed by atoms with Gasteiger partial charge in [-0.15, -0.1) is 0 Å². The molecule has 1 N–H and O–H groups in total. The molecule has 0 unspecified atom stereocenters. The monoisotopic (exact) mass is 435 g/mol. The fraction of sp³-hybridized carbons (Fsp3) is 0.450. The van der Waals surface area contributed by atoms with E-state index < -0.39 is 22.1 Å². The first-order valence-electron chi connectivity index (χ1n) is 9.71. The highest BCUT2D eigenvalue weighted by molar-refractivity contribution is 7.92. The van der Waals surface area contributed by atoms with Crippen LogP contribution in [-0.4, -0.2) is 49.5 Å². The van der Waals surface area contributed by atoms with Crippen LogP contribution in [0.3, 0.4) is 0 Å². The second kappa shape index (κ2) is 8.86. The van der Waals surface area contributed by atoms with Crippen molar-refractivity contribution in [2.45, 2.75) is 44.6 Å². The predicted octanol–water partition coefficient (Wildman–Crippen LogP) is 2.59. The lowest BCUT2D eigenvalue weighted by Crippen LogP contribution is -2.44. The molecule has 10 heteroatoms. The van der Waals surface area contributed by atoms with E-state index in [2.05, 4.69) is 16.8 Å². The van der Waals surface area contributed by atoms with Crippen LogP contribution in [0.5, 0.6) is 0 Å². The largest absolute Gasteiger partial charge is 0.449 e. The number of likely N-dealkylation sites (tertiary alicyclic amines) is 1. The van der Waals surface area contributed by atoms with Crippen molar-refractivity contribution in [1.29, 1.82) is 0 Å². The topological polar surface area (TPSA) is 119 Å². The van der Waals surface area contributed by atoms with Gasteiger partial charge in [0, 0.05) is 19.2 Å². The molecule has 1 saturated heterocycles. The summed E-state index contributed by atoms with van der Waals surface area (Å²) in [5, 5.41) is 3.59. The number of hydrogen-bond acceptors (Lipinski definition) is 7. The SMILES string of the molecule is Cc1cc(NS(=O)(=O)c2cccc(C(=O)O[C@H](C)C(=O)N3CCC(C)CC3)c2)no1. The first kappa shape index (κ1) is 21.8. The maximum Gasteiger partial charge on any atom is 0.338 e. The Balaban J connectivity index is 1.67. The summed E-state index contributed by atoms with van der Waals surface area (Å²) >= 11 is 0. The number of nitrogens with one attached hydrogen (secondary N) is 1. The second-order valence-corrected chi connectivity index (χ2v) is 9.19. The third kappa shape index (κ3) is 5.18. The Labute approximate surface area is 175 Å². The first-order valence-corrected chi connectivity index (χ1v) is 11.2. The van der Waals surface area contributed by atoms with Gasteiger partial charge in [-0.2, -0.15) is 0 Å². The van der Waals surface area contributed by atoms with Crippen molar-refractivity contribution in [3.63, 3.8) is 0 Å². The van der Waals surface area contributed by atoms with E-state index in [-0.39, 0.29) is 22.2 Å². The molecule has 2 heterocycles. The Kier molecular flexibility index (Phi) is 6.45. The predicted molar refractivity (Wildman–Crippen MR) is 108 cm³/mol. The van der Waals surface area contributed by atoms with Crippen molar-refractivity contribution in [2.24, 2.45) is 5.92 Å². The minimum Gasteiger partial charge on any atom is -0.449 e. The van der Waals surface area contributed by atoms with Crippen molar-refractivity contribution in [2.75, 3.05) is 17.8 Å². The number of hydrogen-bond donors (Lipinski definition) is 1. The molecule has 1 aliphatic rings. The molecule has 1 aromatic heterocycles. The fourth-order valence-corrected chi connectivity index (χ4v) is 4.20. The zero-order valence-electron chi connectivity index (χ0n) is 17.1. The highest BCUT2D eigenvalue weighted by Crippen LogP contribution is 2.19. The summed E-state index contributed by atoms with van der Waals surface area (Å²) in [4.78, 5) is 26.6. The van der Waals surface area contributed by atoms with Gasteiger partial charge in [-0.05, 0) is 50.8 Å². The van der Waals surface area contributed by atoms with Crippen LogP contribution in [0.1, 0.15) is 42.8 Å². The second-order valence-electron chi connectivity index (χ2n) is 7.51. The highest BCUT2D eigenvalue weighted by Gasteiger charge is 2.27. The molecule has 1 atom stereocenters. The summed E-state index contributed by atoms with van der Waals surface area (Å²) in [6.45, 7) is 6.58. The molecule has 9 nitrogen and oxygen atoms in total. The van der Waals surface area contributed by atoms with Crippen molar-refractivity contribution in [3.05, 3.63) is 41.7 Å². The lowest BCUT2D eigenvalue weighted by Gasteiger charge is -2.31. The van der Waals surface area contributed by atoms with Crippen molar-refractivity contribution >= 4 is 27.7 Å². The average Bonchev–Trinajstić information content (AvgIpc) is 3.12. The fourth-order valence-electron chi connectivity index (χ4n) is 3.17. The number of anilines is 1. The minimum absolute atomic E-state index is 0.0288. The molecule has 0 aliphatic carbocycles. The number of nitrogens with zero attached hydrogens (tertiary/aromatic N) is 2. The summed E-state index contributed by atoms with van der Waals surface area (Å²) in [6.07, 6.45) is 0.886. The van der Waals surface area contributed by atoms with E-state index in [1.165, 1.54) is 37.3 Å². The molecule has 0 saturated carbocycles. The van der Waals surface area contributed by atoms with Crippen LogP contribution >= 0.6 is 0 Å². The quantitative estimate of drug-likeness (QED) is 0.693. The number of sulfonamides is 1. The van der Waals surface area contributed by atoms with Crippen molar-refractivity contribution in [1.82, 2.24) is 10.1 Å². The van der Waals surface area contributed by atoms with Crippen LogP contribution in [0.4, 0.5) is 5.82 Å². The number of piperidine rings is 1. The number of ether oxygens (including phenoxy) is 1. The average molecular weight is 436 g/mol. The Morgan fingerprint density at radius 2 is 1.97 bits per heavy atom. The number of aromatic nitrogens is 1. The van der Waals surface area contributed by atoms with E-state index in [9.17, 15) is 18.0 Å². The summed E-state index contributed by atoms with van der Waals surface area (Å²) in [6, 6.07) is 6.83. The van der Waals surface area contributed by atoms with Crippen LogP contribution < -0.4 is 4.72 Å². The number of carbonyl (C=O) groups excluding carboxylic acids is 2. The van der Waals surface area contributed by atoms with Gasteiger partial charge in [0.05, 0.1) is 10.5 Å². The Morgan fingerprint density at radius 1 is 1.27 bits per heavy atom. The molecule has 1 aromatic carbocycles. The molecule has 1 amide bonds. The van der Waals surface area contributed by atoms with E-state index in [0.717, 1.165) is 12.8 Å². The number of carbonyl (C=O) groups is 2. The first-order chi connectivity index (χ1) is 14.2. The van der Waals surface area contributed by atoms with Gasteiger partial charge in [-0.3, -0.25) is 9.52 Å². The zero-order chi connectivity index (χ0) is 21.9. The molecule has 3 rings (SSSR count). The number of amides is 1. The molecule has 0 bridgehead atoms. The normalized spacial score (nSPS) is 16.2. The van der Waals surface area contributed by atoms with Crippen LogP contribution in [-0.2, 0) is 19.6 Å². The number of esters is 1. The van der Waals surface area contributed by atoms with Crippen LogP contribution in [0.2, 0.25) is 0 Å². The molecule has 1 fully saturated rings. The third-order valence-corrected chi connectivity index (χ3v) is 6.33. The van der Waals surface area contributed by atoms with E-state index in [1.807, 2.05) is 0 Å². The van der Waals surface area contributed by atoms with E-state index in [4.69, 9.17) is 9.26 Å². The van der Waals surface area contributed by atoms with Gasteiger partial charge in [0.2, 0.25) is 0 Å². The molecule has 1 aliphatic heterocycles. The minimum atomic E-state index is -3.98. The lowest BCUT2D eigenvalue weighted by molar-refractivity contribution is -0.141. The molecule has 2 aromatic rings. The van der Waals surface area contributed by atoms with Gasteiger partial charge < -0.3 is 14.2 Å². The molecular weight excluding hydrogens is 410 g/mol. The Bertz CT molecular complexity index is 1020. The van der Waals surface area contributed by atoms with E-state index in [0.29, 0.717) is 24.8 Å². The molecule has 0 spiro atoms.